The van der Waals surface area contributed by atoms with Crippen molar-refractivity contribution in [2.45, 2.75) is 41.0 Å². The van der Waals surface area contributed by atoms with Crippen LogP contribution in [0.15, 0.2) is 12.1 Å². The first-order valence-corrected chi connectivity index (χ1v) is 4.90. The Labute approximate surface area is 80.8 Å². The highest BCUT2D eigenvalue weighted by Gasteiger charge is 2.01. The van der Waals surface area contributed by atoms with Crippen molar-refractivity contribution in [1.29, 1.82) is 0 Å². The summed E-state index contributed by atoms with van der Waals surface area (Å²) in [5.41, 5.74) is 3.39. The summed E-state index contributed by atoms with van der Waals surface area (Å²) in [6.07, 6.45) is 0.984. The zero-order chi connectivity index (χ0) is 10.4. The van der Waals surface area contributed by atoms with E-state index >= 15 is 0 Å². The van der Waals surface area contributed by atoms with Gasteiger partial charge in [0.1, 0.15) is 5.82 Å². The van der Waals surface area contributed by atoms with Crippen LogP contribution < -0.4 is 0 Å². The second-order valence-electron chi connectivity index (χ2n) is 2.87. The van der Waals surface area contributed by atoms with E-state index in [4.69, 9.17) is 0 Å². The lowest BCUT2D eigenvalue weighted by Crippen LogP contribution is -1.92. The Balaban J connectivity index is 0.000000671. The summed E-state index contributed by atoms with van der Waals surface area (Å²) in [5.74, 6) is -0.128. The lowest BCUT2D eigenvalue weighted by Gasteiger charge is -2.06. The monoisotopic (exact) mass is 182 g/mol. The first-order valence-electron chi connectivity index (χ1n) is 4.90. The Hall–Kier alpha value is -0.850. The van der Waals surface area contributed by atoms with Gasteiger partial charge in [0, 0.05) is 0 Å². The summed E-state index contributed by atoms with van der Waals surface area (Å²) in [6.45, 7) is 10.00. The van der Waals surface area contributed by atoms with E-state index in [-0.39, 0.29) is 5.82 Å². The predicted octanol–water partition coefficient (Wildman–Crippen LogP) is 4.03. The van der Waals surface area contributed by atoms with Crippen molar-refractivity contribution in [1.82, 2.24) is 0 Å². The van der Waals surface area contributed by atoms with Gasteiger partial charge in [0.15, 0.2) is 0 Å². The van der Waals surface area contributed by atoms with E-state index in [1.807, 2.05) is 27.7 Å². The smallest absolute Gasteiger partial charge is 0.123 e. The molecule has 0 aliphatic carbocycles. The Kier molecular flexibility index (Phi) is 5.36. The van der Waals surface area contributed by atoms with Crippen molar-refractivity contribution in [3.63, 3.8) is 0 Å². The summed E-state index contributed by atoms with van der Waals surface area (Å²) >= 11 is 0. The molecule has 0 fully saturated rings. The molecule has 0 aromatic heterocycles. The summed E-state index contributed by atoms with van der Waals surface area (Å²) in [4.78, 5) is 0. The zero-order valence-corrected chi connectivity index (χ0v) is 9.24. The van der Waals surface area contributed by atoms with Crippen LogP contribution in [0.3, 0.4) is 0 Å². The molecule has 1 aromatic carbocycles. The van der Waals surface area contributed by atoms with Crippen LogP contribution in [0.5, 0.6) is 0 Å². The van der Waals surface area contributed by atoms with Crippen LogP contribution in [-0.2, 0) is 6.42 Å². The van der Waals surface area contributed by atoms with Gasteiger partial charge in [-0.05, 0) is 49.1 Å². The van der Waals surface area contributed by atoms with Crippen LogP contribution in [0.4, 0.5) is 4.39 Å². The lowest BCUT2D eigenvalue weighted by molar-refractivity contribution is 0.624. The third-order valence-corrected chi connectivity index (χ3v) is 2.01. The molecule has 0 aliphatic heterocycles. The molecule has 0 radical (unpaired) electrons. The highest BCUT2D eigenvalue weighted by atomic mass is 19.1. The average molecular weight is 182 g/mol. The van der Waals surface area contributed by atoms with Gasteiger partial charge in [0.25, 0.3) is 0 Å². The molecule has 74 valence electrons. The maximum Gasteiger partial charge on any atom is 0.123 e. The van der Waals surface area contributed by atoms with Crippen molar-refractivity contribution in [3.8, 4) is 0 Å². The molecule has 0 nitrogen and oxygen atoms in total. The number of aryl methyl sites for hydroxylation is 2. The first kappa shape index (κ1) is 12.2. The van der Waals surface area contributed by atoms with E-state index in [1.54, 1.807) is 12.1 Å². The van der Waals surface area contributed by atoms with Crippen molar-refractivity contribution in [2.24, 2.45) is 0 Å². The van der Waals surface area contributed by atoms with Gasteiger partial charge in [-0.3, -0.25) is 0 Å². The normalized spacial score (nSPS) is 9.08. The molecule has 0 amide bonds. The molecule has 0 spiro atoms. The van der Waals surface area contributed by atoms with Gasteiger partial charge in [-0.15, -0.1) is 0 Å². The molecular formula is C12H19F. The fraction of sp³-hybridized carbons (Fsp3) is 0.500. The third-order valence-electron chi connectivity index (χ3n) is 2.01. The summed E-state index contributed by atoms with van der Waals surface area (Å²) in [5, 5.41) is 0. The largest absolute Gasteiger partial charge is 0.207 e. The van der Waals surface area contributed by atoms with Crippen molar-refractivity contribution < 1.29 is 4.39 Å². The molecule has 0 aliphatic rings. The van der Waals surface area contributed by atoms with Crippen LogP contribution in [0.2, 0.25) is 0 Å². The maximum absolute atomic E-state index is 12.7. The molecule has 0 N–H and O–H groups in total. The molecular weight excluding hydrogens is 163 g/mol. The quantitative estimate of drug-likeness (QED) is 0.615. The van der Waals surface area contributed by atoms with E-state index in [2.05, 4.69) is 6.92 Å². The van der Waals surface area contributed by atoms with E-state index < -0.39 is 0 Å². The number of rotatable bonds is 1. The molecule has 13 heavy (non-hydrogen) atoms. The Morgan fingerprint density at radius 1 is 1.08 bits per heavy atom. The van der Waals surface area contributed by atoms with Gasteiger partial charge < -0.3 is 0 Å². The van der Waals surface area contributed by atoms with Gasteiger partial charge in [-0.1, -0.05) is 20.8 Å². The minimum atomic E-state index is -0.128. The van der Waals surface area contributed by atoms with Crippen molar-refractivity contribution in [2.75, 3.05) is 0 Å². The summed E-state index contributed by atoms with van der Waals surface area (Å²) < 4.78 is 12.7. The Morgan fingerprint density at radius 2 is 1.46 bits per heavy atom. The van der Waals surface area contributed by atoms with E-state index in [9.17, 15) is 4.39 Å². The molecule has 0 bridgehead atoms. The van der Waals surface area contributed by atoms with Crippen LogP contribution in [-0.4, -0.2) is 0 Å². The van der Waals surface area contributed by atoms with E-state index in [0.717, 1.165) is 17.5 Å². The van der Waals surface area contributed by atoms with Crippen LogP contribution in [0.1, 0.15) is 37.5 Å². The zero-order valence-electron chi connectivity index (χ0n) is 9.24. The Bertz CT molecular complexity index is 241. The molecule has 1 rings (SSSR count). The van der Waals surface area contributed by atoms with Crippen molar-refractivity contribution >= 4 is 0 Å². The number of halogens is 1. The van der Waals surface area contributed by atoms with Crippen LogP contribution in [0, 0.1) is 19.7 Å². The lowest BCUT2D eigenvalue weighted by atomic mass is 10.0. The SMILES string of the molecule is CC.CCc1c(C)cc(F)cc1C. The van der Waals surface area contributed by atoms with Crippen LogP contribution in [0.25, 0.3) is 0 Å². The predicted molar refractivity (Wildman–Crippen MR) is 56.6 cm³/mol. The van der Waals surface area contributed by atoms with Gasteiger partial charge in [0.05, 0.1) is 0 Å². The number of hydrogen-bond acceptors (Lipinski definition) is 0. The molecule has 1 heteroatoms. The minimum absolute atomic E-state index is 0.128. The second-order valence-corrected chi connectivity index (χ2v) is 2.87. The maximum atomic E-state index is 12.7. The molecule has 0 unspecified atom stereocenters. The standard InChI is InChI=1S/C10H13F.C2H6/c1-4-10-7(2)5-9(11)6-8(10)3;1-2/h5-6H,4H2,1-3H3;1-2H3. The molecule has 0 saturated heterocycles. The van der Waals surface area contributed by atoms with Crippen LogP contribution >= 0.6 is 0 Å². The summed E-state index contributed by atoms with van der Waals surface area (Å²) in [7, 11) is 0. The van der Waals surface area contributed by atoms with Gasteiger partial charge in [-0.25, -0.2) is 4.39 Å². The fourth-order valence-electron chi connectivity index (χ4n) is 1.50. The molecule has 0 saturated carbocycles. The van der Waals surface area contributed by atoms with Crippen molar-refractivity contribution in [3.05, 3.63) is 34.6 Å². The number of hydrogen-bond donors (Lipinski definition) is 0. The minimum Gasteiger partial charge on any atom is -0.207 e. The summed E-state index contributed by atoms with van der Waals surface area (Å²) in [6, 6.07) is 3.18. The second kappa shape index (κ2) is 5.74. The topological polar surface area (TPSA) is 0 Å². The van der Waals surface area contributed by atoms with E-state index in [1.165, 1.54) is 5.56 Å². The third kappa shape index (κ3) is 3.17. The van der Waals surface area contributed by atoms with E-state index in [0.29, 0.717) is 0 Å². The van der Waals surface area contributed by atoms with Gasteiger partial charge >= 0.3 is 0 Å². The first-order chi connectivity index (χ1) is 6.15. The van der Waals surface area contributed by atoms with Gasteiger partial charge in [-0.2, -0.15) is 0 Å². The molecule has 0 atom stereocenters. The highest BCUT2D eigenvalue weighted by molar-refractivity contribution is 5.33. The molecule has 1 aromatic rings. The molecule has 0 heterocycles. The Morgan fingerprint density at radius 3 is 1.77 bits per heavy atom. The fourth-order valence-corrected chi connectivity index (χ4v) is 1.50. The number of benzene rings is 1. The van der Waals surface area contributed by atoms with Gasteiger partial charge in [0.2, 0.25) is 0 Å². The average Bonchev–Trinajstić information content (AvgIpc) is 2.07. The highest BCUT2D eigenvalue weighted by Crippen LogP contribution is 2.15.